The molecule has 0 fully saturated rings. The minimum absolute atomic E-state index is 0.213. The molecule has 0 heterocycles. The quantitative estimate of drug-likeness (QED) is 0.542. The average molecular weight is 156 g/mol. The lowest BCUT2D eigenvalue weighted by Crippen LogP contribution is -2.14. The monoisotopic (exact) mass is 156 g/mol. The second-order valence-electron chi connectivity index (χ2n) is 2.09. The molecule has 1 rings (SSSR count). The average Bonchev–Trinajstić information content (AvgIpc) is 1.88. The van der Waals surface area contributed by atoms with Gasteiger partial charge in [0, 0.05) is 5.02 Å². The molecule has 0 N–H and O–H groups in total. The zero-order chi connectivity index (χ0) is 7.56. The highest BCUT2D eigenvalue weighted by Gasteiger charge is 1.99. The molecule has 0 aliphatic rings. The normalized spacial score (nSPS) is 9.50. The van der Waals surface area contributed by atoms with Gasteiger partial charge in [-0.05, 0) is 17.6 Å². The Bertz CT molecular complexity index is 237. The van der Waals surface area contributed by atoms with Gasteiger partial charge in [0.05, 0.1) is 0 Å². The standard InChI is InChI=1S/C7H7BClF/c1-8-6-3-2-5(9)4-7(6)10/h2-4,8H,1H3. The fourth-order valence-electron chi connectivity index (χ4n) is 0.808. The van der Waals surface area contributed by atoms with Gasteiger partial charge >= 0.3 is 0 Å². The first kappa shape index (κ1) is 7.61. The first-order valence-corrected chi connectivity index (χ1v) is 3.55. The van der Waals surface area contributed by atoms with Gasteiger partial charge in [-0.15, -0.1) is 0 Å². The van der Waals surface area contributed by atoms with E-state index in [2.05, 4.69) is 0 Å². The predicted octanol–water partition coefficient (Wildman–Crippen LogP) is 1.59. The minimum atomic E-state index is -0.213. The minimum Gasteiger partial charge on any atom is -0.208 e. The maximum Gasteiger partial charge on any atom is 0.158 e. The second kappa shape index (κ2) is 3.06. The second-order valence-corrected chi connectivity index (χ2v) is 2.53. The lowest BCUT2D eigenvalue weighted by atomic mass is 9.73. The van der Waals surface area contributed by atoms with Crippen LogP contribution >= 0.6 is 11.6 Å². The number of halogens is 2. The lowest BCUT2D eigenvalue weighted by molar-refractivity contribution is 0.636. The van der Waals surface area contributed by atoms with Crippen LogP contribution in [0.5, 0.6) is 0 Å². The molecule has 0 saturated carbocycles. The number of benzene rings is 1. The summed E-state index contributed by atoms with van der Waals surface area (Å²) in [6.45, 7) is 1.91. The predicted molar refractivity (Wildman–Crippen MR) is 44.1 cm³/mol. The van der Waals surface area contributed by atoms with E-state index in [-0.39, 0.29) is 5.82 Å². The third-order valence-corrected chi connectivity index (χ3v) is 1.63. The molecule has 0 radical (unpaired) electrons. The highest BCUT2D eigenvalue weighted by Crippen LogP contribution is 2.06. The van der Waals surface area contributed by atoms with Gasteiger partial charge in [-0.1, -0.05) is 24.5 Å². The Morgan fingerprint density at radius 2 is 2.20 bits per heavy atom. The molecule has 0 aromatic heterocycles. The van der Waals surface area contributed by atoms with Crippen LogP contribution in [-0.4, -0.2) is 7.28 Å². The Labute approximate surface area is 65.3 Å². The van der Waals surface area contributed by atoms with E-state index in [1.54, 1.807) is 12.1 Å². The van der Waals surface area contributed by atoms with Crippen LogP contribution in [0.4, 0.5) is 4.39 Å². The molecule has 1 aromatic rings. The molecule has 0 spiro atoms. The third kappa shape index (κ3) is 1.51. The topological polar surface area (TPSA) is 0 Å². The van der Waals surface area contributed by atoms with E-state index in [1.807, 2.05) is 6.82 Å². The zero-order valence-electron chi connectivity index (χ0n) is 5.70. The highest BCUT2D eigenvalue weighted by atomic mass is 35.5. The molecular formula is C7H7BClF. The van der Waals surface area contributed by atoms with E-state index in [4.69, 9.17) is 11.6 Å². The molecule has 0 unspecified atom stereocenters. The smallest absolute Gasteiger partial charge is 0.158 e. The van der Waals surface area contributed by atoms with Crippen molar-refractivity contribution >= 4 is 24.3 Å². The summed E-state index contributed by atoms with van der Waals surface area (Å²) in [5, 5.41) is 0.453. The van der Waals surface area contributed by atoms with E-state index in [9.17, 15) is 4.39 Å². The third-order valence-electron chi connectivity index (χ3n) is 1.40. The Morgan fingerprint density at radius 1 is 1.50 bits per heavy atom. The summed E-state index contributed by atoms with van der Waals surface area (Å²) in [7, 11) is 0.711. The van der Waals surface area contributed by atoms with Crippen molar-refractivity contribution in [3.63, 3.8) is 0 Å². The number of rotatable bonds is 1. The van der Waals surface area contributed by atoms with Gasteiger partial charge in [0.15, 0.2) is 7.28 Å². The van der Waals surface area contributed by atoms with E-state index >= 15 is 0 Å². The van der Waals surface area contributed by atoms with E-state index in [1.165, 1.54) is 6.07 Å². The van der Waals surface area contributed by atoms with Crippen LogP contribution in [0.3, 0.4) is 0 Å². The first-order chi connectivity index (χ1) is 4.74. The molecule has 0 atom stereocenters. The van der Waals surface area contributed by atoms with Gasteiger partial charge in [-0.3, -0.25) is 0 Å². The van der Waals surface area contributed by atoms with Gasteiger partial charge in [-0.25, -0.2) is 4.39 Å². The van der Waals surface area contributed by atoms with E-state index < -0.39 is 0 Å². The van der Waals surface area contributed by atoms with Crippen molar-refractivity contribution < 1.29 is 4.39 Å². The van der Waals surface area contributed by atoms with Crippen molar-refractivity contribution in [2.24, 2.45) is 0 Å². The molecule has 0 bridgehead atoms. The molecule has 10 heavy (non-hydrogen) atoms. The highest BCUT2D eigenvalue weighted by molar-refractivity contribution is 6.52. The summed E-state index contributed by atoms with van der Waals surface area (Å²) in [5.74, 6) is -0.213. The molecule has 3 heteroatoms. The molecule has 0 aliphatic carbocycles. The lowest BCUT2D eigenvalue weighted by Gasteiger charge is -1.96. The molecule has 0 saturated heterocycles. The Morgan fingerprint density at radius 3 is 2.70 bits per heavy atom. The summed E-state index contributed by atoms with van der Waals surface area (Å²) in [6.07, 6.45) is 0. The van der Waals surface area contributed by atoms with Crippen LogP contribution in [0.1, 0.15) is 0 Å². The first-order valence-electron chi connectivity index (χ1n) is 3.18. The van der Waals surface area contributed by atoms with Crippen molar-refractivity contribution in [2.75, 3.05) is 0 Å². The van der Waals surface area contributed by atoms with Crippen LogP contribution in [0, 0.1) is 5.82 Å². The maximum absolute atomic E-state index is 12.8. The van der Waals surface area contributed by atoms with E-state index in [0.29, 0.717) is 17.8 Å². The summed E-state index contributed by atoms with van der Waals surface area (Å²) in [5.41, 5.74) is 0.712. The molecule has 0 amide bonds. The van der Waals surface area contributed by atoms with Crippen LogP contribution in [-0.2, 0) is 0 Å². The largest absolute Gasteiger partial charge is 0.208 e. The van der Waals surface area contributed by atoms with Gasteiger partial charge < -0.3 is 0 Å². The molecule has 1 aromatic carbocycles. The van der Waals surface area contributed by atoms with Crippen molar-refractivity contribution in [1.29, 1.82) is 0 Å². The van der Waals surface area contributed by atoms with Gasteiger partial charge in [0.25, 0.3) is 0 Å². The van der Waals surface area contributed by atoms with E-state index in [0.717, 1.165) is 0 Å². The summed E-state index contributed by atoms with van der Waals surface area (Å²) < 4.78 is 12.8. The fourth-order valence-corrected chi connectivity index (χ4v) is 0.967. The number of hydrogen-bond acceptors (Lipinski definition) is 0. The van der Waals surface area contributed by atoms with Crippen LogP contribution in [0.25, 0.3) is 0 Å². The molecular weight excluding hydrogens is 149 g/mol. The fraction of sp³-hybridized carbons (Fsp3) is 0.143. The van der Waals surface area contributed by atoms with Crippen molar-refractivity contribution in [1.82, 2.24) is 0 Å². The Hall–Kier alpha value is -0.495. The molecule has 0 nitrogen and oxygen atoms in total. The summed E-state index contributed by atoms with van der Waals surface area (Å²) >= 11 is 5.53. The molecule has 0 aliphatic heterocycles. The van der Waals surface area contributed by atoms with Gasteiger partial charge in [-0.2, -0.15) is 0 Å². The molecule has 52 valence electrons. The number of hydrogen-bond donors (Lipinski definition) is 0. The van der Waals surface area contributed by atoms with Crippen molar-refractivity contribution in [3.05, 3.63) is 29.0 Å². The Kier molecular flexibility index (Phi) is 2.33. The van der Waals surface area contributed by atoms with Crippen LogP contribution < -0.4 is 5.46 Å². The van der Waals surface area contributed by atoms with Crippen molar-refractivity contribution in [3.8, 4) is 0 Å². The summed E-state index contributed by atoms with van der Waals surface area (Å²) in [4.78, 5) is 0. The van der Waals surface area contributed by atoms with Crippen molar-refractivity contribution in [2.45, 2.75) is 6.82 Å². The van der Waals surface area contributed by atoms with Gasteiger partial charge in [0.1, 0.15) is 5.82 Å². The van der Waals surface area contributed by atoms with Crippen LogP contribution in [0.2, 0.25) is 11.8 Å². The SMILES string of the molecule is CBc1ccc(Cl)cc1F. The van der Waals surface area contributed by atoms with Crippen LogP contribution in [0.15, 0.2) is 18.2 Å². The summed E-state index contributed by atoms with van der Waals surface area (Å²) in [6, 6.07) is 4.74. The Balaban J connectivity index is 3.07. The van der Waals surface area contributed by atoms with Gasteiger partial charge in [0.2, 0.25) is 0 Å². The maximum atomic E-state index is 12.8. The zero-order valence-corrected chi connectivity index (χ0v) is 6.45.